The van der Waals surface area contributed by atoms with E-state index < -0.39 is 0 Å². The lowest BCUT2D eigenvalue weighted by atomic mass is 10.1. The molecule has 0 unspecified atom stereocenters. The minimum Gasteiger partial charge on any atom is -0.494 e. The van der Waals surface area contributed by atoms with E-state index in [0.717, 1.165) is 22.6 Å². The van der Waals surface area contributed by atoms with Crippen LogP contribution in [0.5, 0.6) is 5.75 Å². The average Bonchev–Trinajstić information content (AvgIpc) is 2.69. The molecule has 5 nitrogen and oxygen atoms in total. The molecule has 0 saturated heterocycles. The van der Waals surface area contributed by atoms with Crippen LogP contribution in [0.4, 0.5) is 5.95 Å². The first kappa shape index (κ1) is 13.1. The van der Waals surface area contributed by atoms with Crippen molar-refractivity contribution < 1.29 is 4.74 Å². The molecule has 0 saturated carbocycles. The van der Waals surface area contributed by atoms with E-state index in [1.165, 1.54) is 0 Å². The molecule has 0 spiro atoms. The second kappa shape index (κ2) is 5.56. The fourth-order valence-corrected chi connectivity index (χ4v) is 1.73. The summed E-state index contributed by atoms with van der Waals surface area (Å²) in [4.78, 5) is 4.09. The minimum absolute atomic E-state index is 0.380. The van der Waals surface area contributed by atoms with E-state index in [-0.39, 0.29) is 0 Å². The molecule has 1 aromatic heterocycles. The van der Waals surface area contributed by atoms with Gasteiger partial charge in [-0.25, -0.2) is 9.66 Å². The molecule has 0 aliphatic rings. The van der Waals surface area contributed by atoms with Crippen molar-refractivity contribution in [1.82, 2.24) is 9.66 Å². The maximum absolute atomic E-state index is 5.72. The van der Waals surface area contributed by atoms with Crippen molar-refractivity contribution in [3.8, 4) is 5.75 Å². The number of nitrogens with two attached hydrogens (primary N) is 1. The van der Waals surface area contributed by atoms with Gasteiger partial charge >= 0.3 is 0 Å². The Balaban J connectivity index is 2.23. The Morgan fingerprint density at radius 1 is 1.42 bits per heavy atom. The van der Waals surface area contributed by atoms with E-state index in [4.69, 9.17) is 10.5 Å². The van der Waals surface area contributed by atoms with Crippen molar-refractivity contribution in [2.45, 2.75) is 20.8 Å². The van der Waals surface area contributed by atoms with Crippen molar-refractivity contribution in [3.63, 3.8) is 0 Å². The van der Waals surface area contributed by atoms with Crippen molar-refractivity contribution >= 4 is 12.2 Å². The zero-order chi connectivity index (χ0) is 13.8. The SMILES string of the molecule is CCOc1cc(C=Nn2cc(C)nc2N)ccc1C. The Labute approximate surface area is 112 Å². The monoisotopic (exact) mass is 258 g/mol. The molecule has 2 rings (SSSR count). The molecule has 5 heteroatoms. The van der Waals surface area contributed by atoms with E-state index in [1.54, 1.807) is 17.1 Å². The molecule has 100 valence electrons. The van der Waals surface area contributed by atoms with Gasteiger partial charge in [0.15, 0.2) is 0 Å². The van der Waals surface area contributed by atoms with E-state index in [1.807, 2.05) is 39.0 Å². The van der Waals surface area contributed by atoms with Crippen LogP contribution in [0.2, 0.25) is 0 Å². The van der Waals surface area contributed by atoms with Crippen LogP contribution in [-0.4, -0.2) is 22.5 Å². The molecule has 1 aromatic carbocycles. The predicted octanol–water partition coefficient (Wildman–Crippen LogP) is 2.36. The van der Waals surface area contributed by atoms with Gasteiger partial charge in [0.05, 0.1) is 24.7 Å². The van der Waals surface area contributed by atoms with Crippen LogP contribution < -0.4 is 10.5 Å². The lowest BCUT2D eigenvalue weighted by Gasteiger charge is -2.07. The summed E-state index contributed by atoms with van der Waals surface area (Å²) < 4.78 is 7.10. The van der Waals surface area contributed by atoms with Gasteiger partial charge in [-0.05, 0) is 38.0 Å². The van der Waals surface area contributed by atoms with Gasteiger partial charge in [0.2, 0.25) is 5.95 Å². The average molecular weight is 258 g/mol. The van der Waals surface area contributed by atoms with Crippen molar-refractivity contribution in [1.29, 1.82) is 0 Å². The number of rotatable bonds is 4. The van der Waals surface area contributed by atoms with Crippen LogP contribution in [0.3, 0.4) is 0 Å². The van der Waals surface area contributed by atoms with Gasteiger partial charge in [-0.3, -0.25) is 0 Å². The minimum atomic E-state index is 0.380. The summed E-state index contributed by atoms with van der Waals surface area (Å²) in [5.41, 5.74) is 8.63. The Bertz CT molecular complexity index is 601. The molecule has 0 radical (unpaired) electrons. The second-order valence-corrected chi connectivity index (χ2v) is 4.29. The molecule has 0 amide bonds. The van der Waals surface area contributed by atoms with Crippen LogP contribution in [0.15, 0.2) is 29.5 Å². The normalized spacial score (nSPS) is 11.1. The number of nitrogens with zero attached hydrogens (tertiary/aromatic N) is 3. The van der Waals surface area contributed by atoms with Crippen LogP contribution in [0.25, 0.3) is 0 Å². The molecule has 0 bridgehead atoms. The highest BCUT2D eigenvalue weighted by molar-refractivity contribution is 5.80. The number of nitrogen functional groups attached to an aromatic ring is 1. The van der Waals surface area contributed by atoms with Crippen LogP contribution in [-0.2, 0) is 0 Å². The molecule has 19 heavy (non-hydrogen) atoms. The number of anilines is 1. The number of aromatic nitrogens is 2. The standard InChI is InChI=1S/C14H18N4O/c1-4-19-13-7-12(6-5-10(13)2)8-16-18-9-11(3)17-14(18)15/h5-9H,4H2,1-3H3,(H2,15,17). The van der Waals surface area contributed by atoms with Crippen LogP contribution >= 0.6 is 0 Å². The first-order valence-corrected chi connectivity index (χ1v) is 6.19. The third-order valence-electron chi connectivity index (χ3n) is 2.68. The summed E-state index contributed by atoms with van der Waals surface area (Å²) in [7, 11) is 0. The summed E-state index contributed by atoms with van der Waals surface area (Å²) >= 11 is 0. The highest BCUT2D eigenvalue weighted by Gasteiger charge is 2.01. The number of aryl methyl sites for hydroxylation is 2. The number of hydrogen-bond acceptors (Lipinski definition) is 4. The highest BCUT2D eigenvalue weighted by Crippen LogP contribution is 2.18. The summed E-state index contributed by atoms with van der Waals surface area (Å²) in [6.45, 7) is 6.51. The largest absolute Gasteiger partial charge is 0.494 e. The summed E-state index contributed by atoms with van der Waals surface area (Å²) in [5.74, 6) is 1.26. The van der Waals surface area contributed by atoms with E-state index in [9.17, 15) is 0 Å². The number of benzene rings is 1. The Kier molecular flexibility index (Phi) is 3.85. The Morgan fingerprint density at radius 3 is 2.84 bits per heavy atom. The smallest absolute Gasteiger partial charge is 0.221 e. The van der Waals surface area contributed by atoms with Crippen molar-refractivity contribution in [3.05, 3.63) is 41.2 Å². The molecule has 2 aromatic rings. The fraction of sp³-hybridized carbons (Fsp3) is 0.286. The molecule has 0 aliphatic carbocycles. The summed E-state index contributed by atoms with van der Waals surface area (Å²) in [6, 6.07) is 5.96. The van der Waals surface area contributed by atoms with Crippen molar-refractivity contribution in [2.24, 2.45) is 5.10 Å². The summed E-state index contributed by atoms with van der Waals surface area (Å²) in [5, 5.41) is 4.28. The maximum Gasteiger partial charge on any atom is 0.221 e. The van der Waals surface area contributed by atoms with Gasteiger partial charge in [-0.2, -0.15) is 5.10 Å². The predicted molar refractivity (Wildman–Crippen MR) is 76.7 cm³/mol. The highest BCUT2D eigenvalue weighted by atomic mass is 16.5. The Morgan fingerprint density at radius 2 is 2.21 bits per heavy atom. The zero-order valence-corrected chi connectivity index (χ0v) is 11.4. The Hall–Kier alpha value is -2.30. The first-order chi connectivity index (χ1) is 9.10. The van der Waals surface area contributed by atoms with Gasteiger partial charge in [0.25, 0.3) is 0 Å². The molecule has 0 fully saturated rings. The molecular weight excluding hydrogens is 240 g/mol. The summed E-state index contributed by atoms with van der Waals surface area (Å²) in [6.07, 6.45) is 3.52. The van der Waals surface area contributed by atoms with Gasteiger partial charge in [-0.15, -0.1) is 0 Å². The van der Waals surface area contributed by atoms with Crippen molar-refractivity contribution in [2.75, 3.05) is 12.3 Å². The molecule has 0 atom stereocenters. The number of imidazole rings is 1. The lowest BCUT2D eigenvalue weighted by Crippen LogP contribution is -1.98. The van der Waals surface area contributed by atoms with Crippen LogP contribution in [0, 0.1) is 13.8 Å². The molecular formula is C14H18N4O. The third-order valence-corrected chi connectivity index (χ3v) is 2.68. The van der Waals surface area contributed by atoms with E-state index in [0.29, 0.717) is 12.6 Å². The van der Waals surface area contributed by atoms with Crippen LogP contribution in [0.1, 0.15) is 23.7 Å². The zero-order valence-electron chi connectivity index (χ0n) is 11.4. The van der Waals surface area contributed by atoms with Gasteiger partial charge in [0.1, 0.15) is 5.75 Å². The number of hydrogen-bond donors (Lipinski definition) is 1. The fourth-order valence-electron chi connectivity index (χ4n) is 1.73. The maximum atomic E-state index is 5.72. The molecule has 0 aliphatic heterocycles. The second-order valence-electron chi connectivity index (χ2n) is 4.29. The van der Waals surface area contributed by atoms with Gasteiger partial charge in [0, 0.05) is 0 Å². The quantitative estimate of drug-likeness (QED) is 0.856. The van der Waals surface area contributed by atoms with E-state index in [2.05, 4.69) is 10.1 Å². The van der Waals surface area contributed by atoms with E-state index >= 15 is 0 Å². The lowest BCUT2D eigenvalue weighted by molar-refractivity contribution is 0.338. The number of ether oxygens (including phenoxy) is 1. The van der Waals surface area contributed by atoms with Gasteiger partial charge in [-0.1, -0.05) is 12.1 Å². The molecule has 2 N–H and O–H groups in total. The third kappa shape index (κ3) is 3.13. The topological polar surface area (TPSA) is 65.4 Å². The molecule has 1 heterocycles. The first-order valence-electron chi connectivity index (χ1n) is 6.19. The van der Waals surface area contributed by atoms with Gasteiger partial charge < -0.3 is 10.5 Å².